The van der Waals surface area contributed by atoms with Gasteiger partial charge in [-0.15, -0.1) is 0 Å². The second-order valence-corrected chi connectivity index (χ2v) is 9.53. The number of alkyl halides is 2. The van der Waals surface area contributed by atoms with Crippen LogP contribution in [0.4, 0.5) is 8.78 Å². The Morgan fingerprint density at radius 3 is 2.69 bits per heavy atom. The van der Waals surface area contributed by atoms with Crippen molar-refractivity contribution in [2.45, 2.75) is 26.5 Å². The summed E-state index contributed by atoms with van der Waals surface area (Å²) in [7, 11) is 1.50. The molecular formula is C25H21BrF2N2O5S. The van der Waals surface area contributed by atoms with Crippen LogP contribution >= 0.6 is 27.3 Å². The molecular weight excluding hydrogens is 558 g/mol. The number of fused-ring (bicyclic) bond motifs is 1. The lowest BCUT2D eigenvalue weighted by atomic mass is 9.95. The summed E-state index contributed by atoms with van der Waals surface area (Å²) in [6.45, 7) is 0.492. The number of hydrogen-bond donors (Lipinski definition) is 0. The van der Waals surface area contributed by atoms with E-state index in [0.717, 1.165) is 15.8 Å². The molecule has 4 rings (SSSR count). The molecule has 188 valence electrons. The van der Waals surface area contributed by atoms with Crippen molar-refractivity contribution < 1.29 is 27.8 Å². The lowest BCUT2D eigenvalue weighted by molar-refractivity contribution is -0.139. The third kappa shape index (κ3) is 4.98. The Bertz CT molecular complexity index is 1530. The Kier molecular flexibility index (Phi) is 7.70. The standard InChI is InChI=1S/C25H21BrF2N2O5S/c1-4-34-23(32)20-13(2)29-25-30(21(20)16-12-15(26)9-10-18(16)33-3)22(31)19(36-25)11-14-7-5-6-8-17(14)35-24(27)28/h5-12,21,24H,4H2,1-3H3/b19-11-/t21-/m1/s1. The molecule has 1 aliphatic heterocycles. The minimum absolute atomic E-state index is 0.0630. The molecule has 0 saturated carbocycles. The van der Waals surface area contributed by atoms with Gasteiger partial charge in [0.2, 0.25) is 0 Å². The number of allylic oxidation sites excluding steroid dienone is 1. The Hall–Kier alpha value is -3.31. The van der Waals surface area contributed by atoms with Crippen molar-refractivity contribution >= 4 is 39.3 Å². The van der Waals surface area contributed by atoms with Crippen molar-refractivity contribution in [2.24, 2.45) is 4.99 Å². The molecule has 0 N–H and O–H groups in total. The molecule has 2 aromatic carbocycles. The molecule has 3 aromatic rings. The minimum atomic E-state index is -3.01. The molecule has 1 aromatic heterocycles. The fraction of sp³-hybridized carbons (Fsp3) is 0.240. The van der Waals surface area contributed by atoms with Crippen molar-refractivity contribution in [1.29, 1.82) is 0 Å². The van der Waals surface area contributed by atoms with E-state index in [4.69, 9.17) is 9.47 Å². The van der Waals surface area contributed by atoms with Crippen molar-refractivity contribution in [1.82, 2.24) is 4.57 Å². The Morgan fingerprint density at radius 1 is 1.25 bits per heavy atom. The van der Waals surface area contributed by atoms with Gasteiger partial charge in [0.15, 0.2) is 4.80 Å². The summed E-state index contributed by atoms with van der Waals surface area (Å²) in [5.74, 6) is -0.201. The average Bonchev–Trinajstić information content (AvgIpc) is 3.13. The summed E-state index contributed by atoms with van der Waals surface area (Å²) in [4.78, 5) is 31.6. The monoisotopic (exact) mass is 578 g/mol. The number of para-hydroxylation sites is 1. The molecule has 36 heavy (non-hydrogen) atoms. The van der Waals surface area contributed by atoms with E-state index >= 15 is 0 Å². The fourth-order valence-corrected chi connectivity index (χ4v) is 5.37. The quantitative estimate of drug-likeness (QED) is 0.393. The number of esters is 1. The summed E-state index contributed by atoms with van der Waals surface area (Å²) >= 11 is 4.53. The Morgan fingerprint density at radius 2 is 2.00 bits per heavy atom. The first-order chi connectivity index (χ1) is 17.2. The third-order valence-electron chi connectivity index (χ3n) is 5.43. The smallest absolute Gasteiger partial charge is 0.387 e. The molecule has 0 spiro atoms. The molecule has 0 amide bonds. The van der Waals surface area contributed by atoms with Crippen molar-refractivity contribution in [2.75, 3.05) is 13.7 Å². The number of aromatic nitrogens is 1. The van der Waals surface area contributed by atoms with Gasteiger partial charge in [-0.1, -0.05) is 45.5 Å². The van der Waals surface area contributed by atoms with Crippen molar-refractivity contribution in [3.63, 3.8) is 0 Å². The van der Waals surface area contributed by atoms with Crippen LogP contribution in [-0.2, 0) is 9.53 Å². The molecule has 0 saturated heterocycles. The van der Waals surface area contributed by atoms with Gasteiger partial charge in [-0.3, -0.25) is 9.36 Å². The Labute approximate surface area is 217 Å². The molecule has 0 fully saturated rings. The number of carbonyl (C=O) groups is 1. The zero-order chi connectivity index (χ0) is 26.0. The van der Waals surface area contributed by atoms with Gasteiger partial charge >= 0.3 is 12.6 Å². The first kappa shape index (κ1) is 25.8. The van der Waals surface area contributed by atoms with Crippen molar-refractivity contribution in [3.8, 4) is 11.5 Å². The predicted octanol–water partition coefficient (Wildman–Crippen LogP) is 4.17. The molecule has 1 atom stereocenters. The van der Waals surface area contributed by atoms with E-state index in [1.54, 1.807) is 50.2 Å². The molecule has 7 nitrogen and oxygen atoms in total. The number of halogens is 3. The van der Waals surface area contributed by atoms with Gasteiger partial charge in [-0.05, 0) is 44.2 Å². The van der Waals surface area contributed by atoms with Crippen LogP contribution in [0.15, 0.2) is 68.0 Å². The highest BCUT2D eigenvalue weighted by Crippen LogP contribution is 2.37. The van der Waals surface area contributed by atoms with E-state index in [2.05, 4.69) is 25.7 Å². The van der Waals surface area contributed by atoms with Crippen LogP contribution in [0.2, 0.25) is 0 Å². The van der Waals surface area contributed by atoms with Gasteiger partial charge < -0.3 is 14.2 Å². The Balaban J connectivity index is 1.99. The maximum atomic E-state index is 13.7. The van der Waals surface area contributed by atoms with Crippen LogP contribution in [0.25, 0.3) is 6.08 Å². The second-order valence-electron chi connectivity index (χ2n) is 7.60. The number of carbonyl (C=O) groups excluding carboxylic acids is 1. The SMILES string of the molecule is CCOC(=O)C1=C(C)N=c2s/c(=C\c3ccccc3OC(F)F)c(=O)n2[C@@H]1c1cc(Br)ccc1OC. The minimum Gasteiger partial charge on any atom is -0.496 e. The molecule has 11 heteroatoms. The van der Waals surface area contributed by atoms with Crippen molar-refractivity contribution in [3.05, 3.63) is 89.0 Å². The highest BCUT2D eigenvalue weighted by Gasteiger charge is 2.35. The number of hydrogen-bond acceptors (Lipinski definition) is 7. The summed E-state index contributed by atoms with van der Waals surface area (Å²) in [6, 6.07) is 10.6. The maximum Gasteiger partial charge on any atom is 0.387 e. The molecule has 0 radical (unpaired) electrons. The van der Waals surface area contributed by atoms with Crippen LogP contribution in [-0.4, -0.2) is 30.9 Å². The third-order valence-corrected chi connectivity index (χ3v) is 6.90. The van der Waals surface area contributed by atoms with E-state index < -0.39 is 24.2 Å². The van der Waals surface area contributed by atoms with E-state index in [1.807, 2.05) is 0 Å². The number of benzene rings is 2. The van der Waals surface area contributed by atoms with Gasteiger partial charge in [0.25, 0.3) is 5.56 Å². The summed E-state index contributed by atoms with van der Waals surface area (Å²) in [6.07, 6.45) is 1.47. The van der Waals surface area contributed by atoms with E-state index in [0.29, 0.717) is 27.4 Å². The second kappa shape index (κ2) is 10.8. The number of nitrogens with zero attached hydrogens (tertiary/aromatic N) is 2. The van der Waals surface area contributed by atoms with E-state index in [-0.39, 0.29) is 22.5 Å². The fourth-order valence-electron chi connectivity index (χ4n) is 3.95. The predicted molar refractivity (Wildman–Crippen MR) is 134 cm³/mol. The lowest BCUT2D eigenvalue weighted by Crippen LogP contribution is -2.40. The highest BCUT2D eigenvalue weighted by atomic mass is 79.9. The van der Waals surface area contributed by atoms with Crippen LogP contribution < -0.4 is 24.4 Å². The van der Waals surface area contributed by atoms with Crippen LogP contribution in [0.3, 0.4) is 0 Å². The van der Waals surface area contributed by atoms with Crippen LogP contribution in [0, 0.1) is 0 Å². The van der Waals surface area contributed by atoms with E-state index in [9.17, 15) is 18.4 Å². The lowest BCUT2D eigenvalue weighted by Gasteiger charge is -2.26. The molecule has 0 unspecified atom stereocenters. The number of rotatable bonds is 7. The van der Waals surface area contributed by atoms with Gasteiger partial charge in [0.1, 0.15) is 17.5 Å². The molecule has 1 aliphatic rings. The first-order valence-corrected chi connectivity index (χ1v) is 12.4. The zero-order valence-corrected chi connectivity index (χ0v) is 21.9. The molecule has 0 bridgehead atoms. The highest BCUT2D eigenvalue weighted by molar-refractivity contribution is 9.10. The topological polar surface area (TPSA) is 79.1 Å². The van der Waals surface area contributed by atoms with Crippen LogP contribution in [0.5, 0.6) is 11.5 Å². The van der Waals surface area contributed by atoms with Gasteiger partial charge in [-0.2, -0.15) is 8.78 Å². The normalized spacial score (nSPS) is 15.5. The zero-order valence-electron chi connectivity index (χ0n) is 19.5. The number of methoxy groups -OCH3 is 1. The first-order valence-electron chi connectivity index (χ1n) is 10.8. The number of ether oxygens (including phenoxy) is 3. The summed E-state index contributed by atoms with van der Waals surface area (Å²) in [5, 5.41) is 0. The number of thiazole rings is 1. The summed E-state index contributed by atoms with van der Waals surface area (Å²) < 4.78 is 43.6. The van der Waals surface area contributed by atoms with E-state index in [1.165, 1.54) is 23.8 Å². The largest absolute Gasteiger partial charge is 0.496 e. The van der Waals surface area contributed by atoms with Gasteiger partial charge in [0, 0.05) is 15.6 Å². The summed E-state index contributed by atoms with van der Waals surface area (Å²) in [5.41, 5.74) is 1.01. The molecule has 0 aliphatic carbocycles. The van der Waals surface area contributed by atoms with Gasteiger partial charge in [0.05, 0.1) is 29.5 Å². The van der Waals surface area contributed by atoms with Crippen LogP contribution in [0.1, 0.15) is 31.0 Å². The van der Waals surface area contributed by atoms with Gasteiger partial charge in [-0.25, -0.2) is 9.79 Å². The molecule has 2 heterocycles. The maximum absolute atomic E-state index is 13.7. The average molecular weight is 579 g/mol.